The summed E-state index contributed by atoms with van der Waals surface area (Å²) in [5, 5.41) is 9.52. The molecule has 0 radical (unpaired) electrons. The molecule has 0 aromatic heterocycles. The standard InChI is InChI=1S/C17H18ClNO4S/c1-11-6-7-16(12(2)8-11)24(22,23)19-15(10-17(20)21)13-4-3-5-14(18)9-13/h3-9,15,19H,10H2,1-2H3,(H,20,21). The highest BCUT2D eigenvalue weighted by molar-refractivity contribution is 7.89. The highest BCUT2D eigenvalue weighted by atomic mass is 35.5. The Bertz CT molecular complexity index is 865. The molecule has 0 fully saturated rings. The monoisotopic (exact) mass is 367 g/mol. The van der Waals surface area contributed by atoms with E-state index in [9.17, 15) is 13.2 Å². The molecule has 2 rings (SSSR count). The molecule has 0 spiro atoms. The van der Waals surface area contributed by atoms with Crippen molar-refractivity contribution in [2.75, 3.05) is 0 Å². The van der Waals surface area contributed by atoms with Gasteiger partial charge in [-0.1, -0.05) is 41.4 Å². The van der Waals surface area contributed by atoms with Gasteiger partial charge in [-0.3, -0.25) is 4.79 Å². The Hall–Kier alpha value is -1.89. The summed E-state index contributed by atoms with van der Waals surface area (Å²) in [6.07, 6.45) is -0.384. The fourth-order valence-corrected chi connectivity index (χ4v) is 4.13. The van der Waals surface area contributed by atoms with Gasteiger partial charge in [0.25, 0.3) is 0 Å². The van der Waals surface area contributed by atoms with Crippen molar-refractivity contribution in [3.8, 4) is 0 Å². The maximum absolute atomic E-state index is 12.7. The first-order valence-electron chi connectivity index (χ1n) is 7.26. The van der Waals surface area contributed by atoms with E-state index in [1.165, 1.54) is 6.07 Å². The van der Waals surface area contributed by atoms with E-state index in [1.54, 1.807) is 43.3 Å². The summed E-state index contributed by atoms with van der Waals surface area (Å²) in [4.78, 5) is 11.3. The van der Waals surface area contributed by atoms with E-state index in [0.29, 0.717) is 16.1 Å². The number of carboxylic acids is 1. The van der Waals surface area contributed by atoms with Gasteiger partial charge in [0.2, 0.25) is 10.0 Å². The van der Waals surface area contributed by atoms with E-state index >= 15 is 0 Å². The second-order valence-electron chi connectivity index (χ2n) is 5.60. The minimum Gasteiger partial charge on any atom is -0.481 e. The second-order valence-corrected chi connectivity index (χ2v) is 7.71. The van der Waals surface area contributed by atoms with Crippen LogP contribution >= 0.6 is 11.6 Å². The SMILES string of the molecule is Cc1ccc(S(=O)(=O)NC(CC(=O)O)c2cccc(Cl)c2)c(C)c1. The zero-order valence-corrected chi connectivity index (χ0v) is 14.9. The summed E-state index contributed by atoms with van der Waals surface area (Å²) in [5.74, 6) is -1.11. The van der Waals surface area contributed by atoms with Crippen molar-refractivity contribution < 1.29 is 18.3 Å². The Balaban J connectivity index is 2.39. The van der Waals surface area contributed by atoms with E-state index in [1.807, 2.05) is 6.92 Å². The highest BCUT2D eigenvalue weighted by Crippen LogP contribution is 2.24. The van der Waals surface area contributed by atoms with Gasteiger partial charge in [0.15, 0.2) is 0 Å². The lowest BCUT2D eigenvalue weighted by atomic mass is 10.1. The highest BCUT2D eigenvalue weighted by Gasteiger charge is 2.25. The molecule has 0 bridgehead atoms. The van der Waals surface area contributed by atoms with E-state index in [2.05, 4.69) is 4.72 Å². The van der Waals surface area contributed by atoms with E-state index in [-0.39, 0.29) is 11.3 Å². The predicted molar refractivity (Wildman–Crippen MR) is 92.7 cm³/mol. The van der Waals surface area contributed by atoms with Crippen LogP contribution < -0.4 is 4.72 Å². The summed E-state index contributed by atoms with van der Waals surface area (Å²) in [6, 6.07) is 10.6. The Morgan fingerprint density at radius 3 is 2.50 bits per heavy atom. The van der Waals surface area contributed by atoms with Gasteiger partial charge in [-0.05, 0) is 43.2 Å². The molecule has 7 heteroatoms. The number of carbonyl (C=O) groups is 1. The molecular weight excluding hydrogens is 350 g/mol. The van der Waals surface area contributed by atoms with Crippen molar-refractivity contribution in [1.29, 1.82) is 0 Å². The number of aliphatic carboxylic acids is 1. The largest absolute Gasteiger partial charge is 0.481 e. The van der Waals surface area contributed by atoms with E-state index < -0.39 is 22.0 Å². The maximum Gasteiger partial charge on any atom is 0.305 e. The first-order valence-corrected chi connectivity index (χ1v) is 9.12. The number of carboxylic acid groups (broad SMARTS) is 1. The molecule has 2 aromatic carbocycles. The van der Waals surface area contributed by atoms with E-state index in [4.69, 9.17) is 16.7 Å². The molecule has 2 aromatic rings. The van der Waals surface area contributed by atoms with Gasteiger partial charge in [0.1, 0.15) is 0 Å². The topological polar surface area (TPSA) is 83.5 Å². The quantitative estimate of drug-likeness (QED) is 0.819. The van der Waals surface area contributed by atoms with Gasteiger partial charge in [0.05, 0.1) is 17.4 Å². The summed E-state index contributed by atoms with van der Waals surface area (Å²) in [6.45, 7) is 3.57. The molecule has 1 atom stereocenters. The lowest BCUT2D eigenvalue weighted by molar-refractivity contribution is -0.137. The lowest BCUT2D eigenvalue weighted by Crippen LogP contribution is -2.30. The summed E-state index contributed by atoms with van der Waals surface area (Å²) in [7, 11) is -3.87. The Morgan fingerprint density at radius 1 is 1.21 bits per heavy atom. The van der Waals surface area contributed by atoms with Gasteiger partial charge in [-0.2, -0.15) is 0 Å². The molecule has 24 heavy (non-hydrogen) atoms. The predicted octanol–water partition coefficient (Wildman–Crippen LogP) is 3.45. The lowest BCUT2D eigenvalue weighted by Gasteiger charge is -2.19. The van der Waals surface area contributed by atoms with Crippen molar-refractivity contribution in [2.45, 2.75) is 31.2 Å². The first kappa shape index (κ1) is 18.4. The Morgan fingerprint density at radius 2 is 1.92 bits per heavy atom. The van der Waals surface area contributed by atoms with Crippen LogP contribution in [0.5, 0.6) is 0 Å². The van der Waals surface area contributed by atoms with Crippen LogP contribution in [0.2, 0.25) is 5.02 Å². The summed E-state index contributed by atoms with van der Waals surface area (Å²) in [5.41, 5.74) is 2.05. The van der Waals surface area contributed by atoms with Crippen LogP contribution in [0.1, 0.15) is 29.2 Å². The third-order valence-corrected chi connectivity index (χ3v) is 5.41. The normalized spacial score (nSPS) is 12.8. The van der Waals surface area contributed by atoms with Crippen molar-refractivity contribution in [1.82, 2.24) is 4.72 Å². The number of hydrogen-bond acceptors (Lipinski definition) is 3. The molecule has 128 valence electrons. The molecule has 5 nitrogen and oxygen atoms in total. The van der Waals surface area contributed by atoms with Crippen LogP contribution in [0.25, 0.3) is 0 Å². The fourth-order valence-electron chi connectivity index (χ4n) is 2.48. The second kappa shape index (κ2) is 7.34. The number of benzene rings is 2. The van der Waals surface area contributed by atoms with Crippen molar-refractivity contribution >= 4 is 27.6 Å². The van der Waals surface area contributed by atoms with Crippen LogP contribution in [-0.4, -0.2) is 19.5 Å². The maximum atomic E-state index is 12.7. The number of sulfonamides is 1. The minimum absolute atomic E-state index is 0.130. The molecule has 0 heterocycles. The number of hydrogen-bond donors (Lipinski definition) is 2. The third-order valence-electron chi connectivity index (χ3n) is 3.55. The first-order chi connectivity index (χ1) is 11.2. The minimum atomic E-state index is -3.87. The number of rotatable bonds is 6. The van der Waals surface area contributed by atoms with Crippen molar-refractivity contribution in [3.05, 3.63) is 64.2 Å². The Kier molecular flexibility index (Phi) is 5.64. The van der Waals surface area contributed by atoms with Gasteiger partial charge in [0, 0.05) is 5.02 Å². The molecule has 0 aliphatic carbocycles. The van der Waals surface area contributed by atoms with Crippen LogP contribution in [-0.2, 0) is 14.8 Å². The number of aryl methyl sites for hydroxylation is 2. The van der Waals surface area contributed by atoms with Crippen LogP contribution in [0, 0.1) is 13.8 Å². The number of nitrogens with one attached hydrogen (secondary N) is 1. The van der Waals surface area contributed by atoms with E-state index in [0.717, 1.165) is 5.56 Å². The smallest absolute Gasteiger partial charge is 0.305 e. The van der Waals surface area contributed by atoms with Crippen LogP contribution in [0.3, 0.4) is 0 Å². The average Bonchev–Trinajstić information content (AvgIpc) is 2.45. The fraction of sp³-hybridized carbons (Fsp3) is 0.235. The average molecular weight is 368 g/mol. The zero-order valence-electron chi connectivity index (χ0n) is 13.3. The molecule has 0 saturated carbocycles. The molecular formula is C17H18ClNO4S. The summed E-state index contributed by atoms with van der Waals surface area (Å²) >= 11 is 5.93. The zero-order chi connectivity index (χ0) is 17.9. The van der Waals surface area contributed by atoms with Crippen LogP contribution in [0.15, 0.2) is 47.4 Å². The molecule has 0 saturated heterocycles. The molecule has 2 N–H and O–H groups in total. The summed E-state index contributed by atoms with van der Waals surface area (Å²) < 4.78 is 27.8. The third kappa shape index (κ3) is 4.56. The van der Waals surface area contributed by atoms with Gasteiger partial charge in [-0.15, -0.1) is 0 Å². The number of halogens is 1. The van der Waals surface area contributed by atoms with Crippen molar-refractivity contribution in [3.63, 3.8) is 0 Å². The van der Waals surface area contributed by atoms with Crippen LogP contribution in [0.4, 0.5) is 0 Å². The van der Waals surface area contributed by atoms with Gasteiger partial charge >= 0.3 is 5.97 Å². The molecule has 0 amide bonds. The molecule has 0 aliphatic heterocycles. The Labute approximate surface area is 146 Å². The molecule has 0 aliphatic rings. The van der Waals surface area contributed by atoms with Gasteiger partial charge in [-0.25, -0.2) is 13.1 Å². The van der Waals surface area contributed by atoms with Crippen molar-refractivity contribution in [2.24, 2.45) is 0 Å². The molecule has 1 unspecified atom stereocenters. The van der Waals surface area contributed by atoms with Gasteiger partial charge < -0.3 is 5.11 Å².